The second-order valence-corrected chi connectivity index (χ2v) is 8.72. The molecular weight excluding hydrogens is 434 g/mol. The quantitative estimate of drug-likeness (QED) is 0.391. The minimum absolute atomic E-state index is 0.144. The maximum atomic E-state index is 12.7. The van der Waals surface area contributed by atoms with Gasteiger partial charge in [0.15, 0.2) is 0 Å². The maximum absolute atomic E-state index is 12.7. The number of carbonyl (C=O) groups is 1. The van der Waals surface area contributed by atoms with Gasteiger partial charge < -0.3 is 10.6 Å². The molecule has 0 saturated carbocycles. The van der Waals surface area contributed by atoms with E-state index in [1.807, 2.05) is 42.5 Å². The third kappa shape index (κ3) is 4.33. The molecule has 1 amide bonds. The van der Waals surface area contributed by atoms with Gasteiger partial charge in [-0.05, 0) is 41.8 Å². The van der Waals surface area contributed by atoms with Crippen LogP contribution in [0, 0.1) is 0 Å². The van der Waals surface area contributed by atoms with E-state index < -0.39 is 0 Å². The molecule has 0 radical (unpaired) electrons. The highest BCUT2D eigenvalue weighted by Gasteiger charge is 2.13. The number of hydrogen-bond donors (Lipinski definition) is 2. The number of amides is 1. The van der Waals surface area contributed by atoms with Gasteiger partial charge in [-0.2, -0.15) is 4.52 Å². The molecule has 2 heterocycles. The minimum Gasteiger partial charge on any atom is -0.351 e. The van der Waals surface area contributed by atoms with Crippen LogP contribution < -0.4 is 16.2 Å². The van der Waals surface area contributed by atoms with Gasteiger partial charge in [0, 0.05) is 17.8 Å². The summed E-state index contributed by atoms with van der Waals surface area (Å²) in [5, 5.41) is 11.6. The average molecular weight is 456 g/mol. The summed E-state index contributed by atoms with van der Waals surface area (Å²) in [5.41, 5.74) is 2.86. The summed E-state index contributed by atoms with van der Waals surface area (Å²) in [4.78, 5) is 30.4. The molecule has 5 rings (SSSR count). The van der Waals surface area contributed by atoms with Crippen LogP contribution in [0.2, 0.25) is 0 Å². The maximum Gasteiger partial charge on any atom is 0.283 e. The van der Waals surface area contributed by atoms with E-state index in [4.69, 9.17) is 0 Å². The first-order valence-corrected chi connectivity index (χ1v) is 11.4. The molecule has 0 aliphatic heterocycles. The van der Waals surface area contributed by atoms with Crippen molar-refractivity contribution in [1.82, 2.24) is 19.9 Å². The fourth-order valence-electron chi connectivity index (χ4n) is 3.61. The molecule has 0 aliphatic carbocycles. The summed E-state index contributed by atoms with van der Waals surface area (Å²) in [7, 11) is 0. The molecule has 0 fully saturated rings. The molecule has 0 bridgehead atoms. The molecule has 8 heteroatoms. The number of fused-ring (bicyclic) bond motifs is 2. The van der Waals surface area contributed by atoms with Gasteiger partial charge in [-0.15, -0.1) is 5.10 Å². The van der Waals surface area contributed by atoms with Gasteiger partial charge in [-0.1, -0.05) is 66.8 Å². The molecule has 7 nitrogen and oxygen atoms in total. The van der Waals surface area contributed by atoms with Gasteiger partial charge in [0.05, 0.1) is 10.9 Å². The van der Waals surface area contributed by atoms with Crippen LogP contribution in [-0.4, -0.2) is 27.0 Å². The van der Waals surface area contributed by atoms with E-state index in [-0.39, 0.29) is 17.4 Å². The third-order valence-electron chi connectivity index (χ3n) is 5.42. The molecule has 0 spiro atoms. The van der Waals surface area contributed by atoms with Gasteiger partial charge >= 0.3 is 0 Å². The highest BCUT2D eigenvalue weighted by Crippen LogP contribution is 2.23. The number of rotatable bonds is 6. The second kappa shape index (κ2) is 8.84. The van der Waals surface area contributed by atoms with Crippen LogP contribution in [0.4, 0.5) is 10.8 Å². The van der Waals surface area contributed by atoms with Gasteiger partial charge in [-0.25, -0.2) is 4.98 Å². The Morgan fingerprint density at radius 3 is 2.67 bits per heavy atom. The Labute approximate surface area is 193 Å². The van der Waals surface area contributed by atoms with E-state index in [0.717, 1.165) is 0 Å². The fourth-order valence-corrected chi connectivity index (χ4v) is 4.43. The van der Waals surface area contributed by atoms with Crippen LogP contribution in [0.5, 0.6) is 0 Å². The highest BCUT2D eigenvalue weighted by molar-refractivity contribution is 7.20. The van der Waals surface area contributed by atoms with Crippen molar-refractivity contribution < 1.29 is 4.79 Å². The van der Waals surface area contributed by atoms with Crippen molar-refractivity contribution in [2.45, 2.75) is 12.8 Å². The lowest BCUT2D eigenvalue weighted by atomic mass is 10.0. The summed E-state index contributed by atoms with van der Waals surface area (Å²) in [6.07, 6.45) is 0. The van der Waals surface area contributed by atoms with Gasteiger partial charge in [0.2, 0.25) is 10.1 Å². The molecule has 1 atom stereocenters. The van der Waals surface area contributed by atoms with Crippen molar-refractivity contribution in [3.63, 3.8) is 0 Å². The Bertz CT molecular complexity index is 1510. The Hall–Kier alpha value is -4.04. The molecular formula is C25H21N5O2S. The Morgan fingerprint density at radius 1 is 1.03 bits per heavy atom. The number of carbonyl (C=O) groups excluding carboxylic acids is 1. The van der Waals surface area contributed by atoms with Crippen molar-refractivity contribution in [1.29, 1.82) is 0 Å². The van der Waals surface area contributed by atoms with Gasteiger partial charge in [0.25, 0.3) is 11.5 Å². The Morgan fingerprint density at radius 2 is 1.82 bits per heavy atom. The monoisotopic (exact) mass is 455 g/mol. The highest BCUT2D eigenvalue weighted by atomic mass is 32.1. The van der Waals surface area contributed by atoms with E-state index >= 15 is 0 Å². The van der Waals surface area contributed by atoms with Crippen LogP contribution in [-0.2, 0) is 0 Å². The zero-order valence-electron chi connectivity index (χ0n) is 17.9. The van der Waals surface area contributed by atoms with Gasteiger partial charge in [-0.3, -0.25) is 9.59 Å². The van der Waals surface area contributed by atoms with E-state index in [1.54, 1.807) is 24.3 Å². The van der Waals surface area contributed by atoms with E-state index in [2.05, 4.69) is 39.8 Å². The predicted molar refractivity (Wildman–Crippen MR) is 132 cm³/mol. The number of para-hydroxylation sites is 1. The van der Waals surface area contributed by atoms with E-state index in [9.17, 15) is 9.59 Å². The van der Waals surface area contributed by atoms with Crippen molar-refractivity contribution in [2.75, 3.05) is 11.9 Å². The number of aromatic nitrogens is 3. The van der Waals surface area contributed by atoms with Crippen molar-refractivity contribution >= 4 is 43.9 Å². The molecule has 5 aromatic rings. The molecule has 33 heavy (non-hydrogen) atoms. The van der Waals surface area contributed by atoms with Gasteiger partial charge in [0.1, 0.15) is 0 Å². The van der Waals surface area contributed by atoms with Crippen LogP contribution in [0.25, 0.3) is 15.9 Å². The lowest BCUT2D eigenvalue weighted by Crippen LogP contribution is -2.27. The topological polar surface area (TPSA) is 88.4 Å². The average Bonchev–Trinajstić information content (AvgIpc) is 3.25. The second-order valence-electron chi connectivity index (χ2n) is 7.76. The van der Waals surface area contributed by atoms with Crippen molar-refractivity contribution in [3.05, 3.63) is 100 Å². The van der Waals surface area contributed by atoms with Crippen molar-refractivity contribution in [3.8, 4) is 0 Å². The number of nitrogens with one attached hydrogen (secondary N) is 2. The molecule has 2 N–H and O–H groups in total. The predicted octanol–water partition coefficient (Wildman–Crippen LogP) is 4.58. The molecule has 0 unspecified atom stereocenters. The zero-order valence-corrected chi connectivity index (χ0v) is 18.7. The third-order valence-corrected chi connectivity index (χ3v) is 6.24. The molecule has 0 saturated heterocycles. The van der Waals surface area contributed by atoms with Crippen molar-refractivity contribution in [2.24, 2.45) is 0 Å². The first-order chi connectivity index (χ1) is 16.1. The first kappa shape index (κ1) is 20.8. The number of anilines is 2. The molecule has 0 aliphatic rings. The largest absolute Gasteiger partial charge is 0.351 e. The van der Waals surface area contributed by atoms with E-state index in [1.165, 1.54) is 21.4 Å². The van der Waals surface area contributed by atoms with Crippen LogP contribution in [0.15, 0.2) is 83.7 Å². The zero-order chi connectivity index (χ0) is 22.8. The number of benzene rings is 3. The SMILES string of the molecule is C[C@@H](CNC(=O)c1cccc(Nc2nn3c(=O)c4ccccc4nc3s2)c1)c1ccccc1. The van der Waals surface area contributed by atoms with E-state index in [0.29, 0.717) is 38.8 Å². The standard InChI is InChI=1S/C25H21N5O2S/c1-16(17-8-3-2-4-9-17)15-26-22(31)18-10-7-11-19(14-18)27-24-29-30-23(32)20-12-5-6-13-21(20)28-25(30)33-24/h2-14,16H,15H2,1H3,(H,26,31)(H,27,29)/t16-/m0/s1. The number of nitrogens with zero attached hydrogens (tertiary/aromatic N) is 3. The fraction of sp³-hybridized carbons (Fsp3) is 0.120. The summed E-state index contributed by atoms with van der Waals surface area (Å²) in [5.74, 6) is 0.0652. The molecule has 2 aromatic heterocycles. The summed E-state index contributed by atoms with van der Waals surface area (Å²) >= 11 is 1.28. The van der Waals surface area contributed by atoms with Crippen LogP contribution in [0.3, 0.4) is 0 Å². The summed E-state index contributed by atoms with van der Waals surface area (Å²) < 4.78 is 1.30. The first-order valence-electron chi connectivity index (χ1n) is 10.6. The smallest absolute Gasteiger partial charge is 0.283 e. The lowest BCUT2D eigenvalue weighted by Gasteiger charge is -2.13. The Balaban J connectivity index is 1.32. The normalized spacial score (nSPS) is 12.0. The number of hydrogen-bond acceptors (Lipinski definition) is 6. The summed E-state index contributed by atoms with van der Waals surface area (Å²) in [6, 6.07) is 24.5. The molecule has 3 aromatic carbocycles. The lowest BCUT2D eigenvalue weighted by molar-refractivity contribution is 0.0951. The van der Waals surface area contributed by atoms with Crippen LogP contribution in [0.1, 0.15) is 28.8 Å². The molecule has 164 valence electrons. The Kier molecular flexibility index (Phi) is 5.58. The minimum atomic E-state index is -0.208. The summed E-state index contributed by atoms with van der Waals surface area (Å²) in [6.45, 7) is 2.63. The van der Waals surface area contributed by atoms with Crippen LogP contribution >= 0.6 is 11.3 Å².